The maximum absolute atomic E-state index is 12.6. The van der Waals surface area contributed by atoms with Crippen LogP contribution >= 0.6 is 11.3 Å². The van der Waals surface area contributed by atoms with Crippen molar-refractivity contribution in [1.29, 1.82) is 0 Å². The Morgan fingerprint density at radius 3 is 2.68 bits per heavy atom. The summed E-state index contributed by atoms with van der Waals surface area (Å²) in [5.74, 6) is 0. The molecule has 1 aromatic carbocycles. The van der Waals surface area contributed by atoms with Crippen LogP contribution in [0.25, 0.3) is 16.2 Å². The molecular weight excluding hydrogens is 256 g/mol. The van der Waals surface area contributed by atoms with E-state index in [0.29, 0.717) is 6.42 Å². The van der Waals surface area contributed by atoms with Gasteiger partial charge in [-0.3, -0.25) is 9.20 Å². The van der Waals surface area contributed by atoms with Crippen LogP contribution in [0.4, 0.5) is 0 Å². The van der Waals surface area contributed by atoms with Gasteiger partial charge in [-0.15, -0.1) is 11.3 Å². The molecule has 0 bridgehead atoms. The molecule has 3 nitrogen and oxygen atoms in total. The number of nitrogens with zero attached hydrogens (tertiary/aromatic N) is 2. The molecule has 19 heavy (non-hydrogen) atoms. The quantitative estimate of drug-likeness (QED) is 0.716. The summed E-state index contributed by atoms with van der Waals surface area (Å²) >= 11 is 1.51. The average molecular weight is 270 g/mol. The maximum atomic E-state index is 12.6. The third-order valence-corrected chi connectivity index (χ3v) is 4.12. The highest BCUT2D eigenvalue weighted by Gasteiger charge is 2.13. The largest absolute Gasteiger partial charge is 0.269 e. The van der Waals surface area contributed by atoms with Gasteiger partial charge >= 0.3 is 0 Å². The molecule has 0 aliphatic carbocycles. The van der Waals surface area contributed by atoms with Crippen LogP contribution in [-0.2, 0) is 6.42 Å². The van der Waals surface area contributed by atoms with Gasteiger partial charge in [0, 0.05) is 16.6 Å². The highest BCUT2D eigenvalue weighted by atomic mass is 32.1. The molecule has 0 N–H and O–H groups in total. The summed E-state index contributed by atoms with van der Waals surface area (Å²) in [6.45, 7) is 3.90. The van der Waals surface area contributed by atoms with Crippen molar-refractivity contribution in [3.05, 3.63) is 57.3 Å². The summed E-state index contributed by atoms with van der Waals surface area (Å²) in [6, 6.07) is 9.96. The topological polar surface area (TPSA) is 34.4 Å². The van der Waals surface area contributed by atoms with Gasteiger partial charge in [0.05, 0.1) is 5.69 Å². The second-order valence-corrected chi connectivity index (χ2v) is 5.28. The van der Waals surface area contributed by atoms with Crippen molar-refractivity contribution in [3.63, 3.8) is 0 Å². The van der Waals surface area contributed by atoms with E-state index in [4.69, 9.17) is 0 Å². The molecule has 2 aromatic heterocycles. The van der Waals surface area contributed by atoms with Crippen molar-refractivity contribution in [2.45, 2.75) is 20.3 Å². The Bertz CT molecular complexity index is 787. The number of fused-ring (bicyclic) bond motifs is 1. The molecule has 0 spiro atoms. The second-order valence-electron chi connectivity index (χ2n) is 4.44. The first-order valence-electron chi connectivity index (χ1n) is 6.27. The fourth-order valence-electron chi connectivity index (χ4n) is 2.30. The lowest BCUT2D eigenvalue weighted by Gasteiger charge is -2.05. The fraction of sp³-hybridized carbons (Fsp3) is 0.200. The summed E-state index contributed by atoms with van der Waals surface area (Å²) in [7, 11) is 0. The van der Waals surface area contributed by atoms with E-state index >= 15 is 0 Å². The van der Waals surface area contributed by atoms with Crippen LogP contribution in [0.3, 0.4) is 0 Å². The van der Waals surface area contributed by atoms with Crippen molar-refractivity contribution in [3.8, 4) is 11.3 Å². The van der Waals surface area contributed by atoms with E-state index in [0.717, 1.165) is 27.5 Å². The minimum absolute atomic E-state index is 0.0603. The van der Waals surface area contributed by atoms with Crippen LogP contribution in [0.1, 0.15) is 18.2 Å². The zero-order valence-electron chi connectivity index (χ0n) is 10.9. The predicted octanol–water partition coefficient (Wildman–Crippen LogP) is 3.29. The molecule has 0 saturated carbocycles. The Balaban J connectivity index is 2.38. The summed E-state index contributed by atoms with van der Waals surface area (Å²) in [6.07, 6.45) is 0.713. The number of hydrogen-bond donors (Lipinski definition) is 0. The maximum Gasteiger partial charge on any atom is 0.262 e. The number of rotatable bonds is 2. The first kappa shape index (κ1) is 12.1. The smallest absolute Gasteiger partial charge is 0.262 e. The number of aromatic nitrogens is 2. The Morgan fingerprint density at radius 2 is 2.00 bits per heavy atom. The van der Waals surface area contributed by atoms with Gasteiger partial charge in [-0.1, -0.05) is 37.3 Å². The number of benzene rings is 1. The molecule has 0 amide bonds. The zero-order valence-corrected chi connectivity index (χ0v) is 11.7. The average Bonchev–Trinajstić information content (AvgIpc) is 2.84. The van der Waals surface area contributed by atoms with Gasteiger partial charge in [-0.05, 0) is 18.9 Å². The Morgan fingerprint density at radius 1 is 1.26 bits per heavy atom. The first-order chi connectivity index (χ1) is 9.22. The van der Waals surface area contributed by atoms with Crippen molar-refractivity contribution >= 4 is 16.3 Å². The molecule has 0 radical (unpaired) electrons. The Hall–Kier alpha value is -1.94. The molecule has 96 valence electrons. The van der Waals surface area contributed by atoms with Crippen LogP contribution in [-0.4, -0.2) is 9.38 Å². The van der Waals surface area contributed by atoms with Crippen LogP contribution in [0.5, 0.6) is 0 Å². The molecule has 2 heterocycles. The van der Waals surface area contributed by atoms with Gasteiger partial charge in [-0.2, -0.15) is 0 Å². The molecule has 0 atom stereocenters. The second kappa shape index (κ2) is 4.63. The van der Waals surface area contributed by atoms with Gasteiger partial charge < -0.3 is 0 Å². The standard InChI is InChI=1S/C15H14N2OS/c1-3-12-10(2)16-15-17(14(12)18)13(9-19-15)11-7-5-4-6-8-11/h4-9H,3H2,1-2H3. The van der Waals surface area contributed by atoms with Crippen molar-refractivity contribution < 1.29 is 0 Å². The van der Waals surface area contributed by atoms with E-state index in [1.165, 1.54) is 11.3 Å². The lowest BCUT2D eigenvalue weighted by Crippen LogP contribution is -2.20. The minimum Gasteiger partial charge on any atom is -0.269 e. The van der Waals surface area contributed by atoms with E-state index in [1.54, 1.807) is 4.40 Å². The summed E-state index contributed by atoms with van der Waals surface area (Å²) in [4.78, 5) is 17.9. The lowest BCUT2D eigenvalue weighted by atomic mass is 10.1. The summed E-state index contributed by atoms with van der Waals surface area (Å²) in [5.41, 5.74) is 3.67. The molecule has 4 heteroatoms. The molecule has 0 unspecified atom stereocenters. The highest BCUT2D eigenvalue weighted by molar-refractivity contribution is 7.15. The van der Waals surface area contributed by atoms with Crippen molar-refractivity contribution in [2.24, 2.45) is 0 Å². The van der Waals surface area contributed by atoms with Crippen LogP contribution in [0.15, 0.2) is 40.5 Å². The van der Waals surface area contributed by atoms with Crippen LogP contribution in [0.2, 0.25) is 0 Å². The van der Waals surface area contributed by atoms with Gasteiger partial charge in [0.15, 0.2) is 4.96 Å². The first-order valence-corrected chi connectivity index (χ1v) is 7.15. The van der Waals surface area contributed by atoms with Gasteiger partial charge in [-0.25, -0.2) is 4.98 Å². The third kappa shape index (κ3) is 1.88. The number of aryl methyl sites for hydroxylation is 1. The highest BCUT2D eigenvalue weighted by Crippen LogP contribution is 2.24. The Kier molecular flexibility index (Phi) is 2.95. The molecular formula is C15H14N2OS. The fourth-order valence-corrected chi connectivity index (χ4v) is 3.24. The lowest BCUT2D eigenvalue weighted by molar-refractivity contribution is 0.955. The van der Waals surface area contributed by atoms with E-state index < -0.39 is 0 Å². The minimum atomic E-state index is 0.0603. The zero-order chi connectivity index (χ0) is 13.4. The normalized spacial score (nSPS) is 11.1. The Labute approximate surface area is 115 Å². The molecule has 0 fully saturated rings. The third-order valence-electron chi connectivity index (χ3n) is 3.29. The molecule has 3 rings (SSSR count). The predicted molar refractivity (Wildman–Crippen MR) is 78.9 cm³/mol. The molecule has 0 saturated heterocycles. The molecule has 0 aliphatic heterocycles. The summed E-state index contributed by atoms with van der Waals surface area (Å²) < 4.78 is 1.73. The van der Waals surface area contributed by atoms with Crippen LogP contribution in [0, 0.1) is 6.92 Å². The van der Waals surface area contributed by atoms with Gasteiger partial charge in [0.1, 0.15) is 0 Å². The van der Waals surface area contributed by atoms with E-state index in [-0.39, 0.29) is 5.56 Å². The SMILES string of the molecule is CCc1c(C)nc2scc(-c3ccccc3)n2c1=O. The van der Waals surface area contributed by atoms with Gasteiger partial charge in [0.25, 0.3) is 5.56 Å². The summed E-state index contributed by atoms with van der Waals surface area (Å²) in [5, 5.41) is 2.00. The number of hydrogen-bond acceptors (Lipinski definition) is 3. The van der Waals surface area contributed by atoms with E-state index in [9.17, 15) is 4.79 Å². The van der Waals surface area contributed by atoms with E-state index in [1.807, 2.05) is 49.6 Å². The monoisotopic (exact) mass is 270 g/mol. The van der Waals surface area contributed by atoms with Crippen molar-refractivity contribution in [1.82, 2.24) is 9.38 Å². The van der Waals surface area contributed by atoms with Crippen LogP contribution < -0.4 is 5.56 Å². The van der Waals surface area contributed by atoms with E-state index in [2.05, 4.69) is 4.98 Å². The number of thiazole rings is 1. The van der Waals surface area contributed by atoms with Crippen molar-refractivity contribution in [2.75, 3.05) is 0 Å². The molecule has 0 aliphatic rings. The molecule has 3 aromatic rings. The van der Waals surface area contributed by atoms with Gasteiger partial charge in [0.2, 0.25) is 0 Å².